The fraction of sp³-hybridized carbons (Fsp3) is 0.600. The van der Waals surface area contributed by atoms with Crippen molar-refractivity contribution in [1.29, 1.82) is 0 Å². The van der Waals surface area contributed by atoms with Crippen molar-refractivity contribution in [1.82, 2.24) is 5.32 Å². The fourth-order valence-corrected chi connectivity index (χ4v) is 2.13. The van der Waals surface area contributed by atoms with Crippen molar-refractivity contribution in [3.8, 4) is 0 Å². The summed E-state index contributed by atoms with van der Waals surface area (Å²) in [7, 11) is 0. The zero-order valence-electron chi connectivity index (χ0n) is 12.3. The molecule has 0 heterocycles. The van der Waals surface area contributed by atoms with Gasteiger partial charge in [0.1, 0.15) is 0 Å². The Labute approximate surface area is 115 Å². The second kappa shape index (κ2) is 7.24. The second-order valence-electron chi connectivity index (χ2n) is 5.12. The number of hydrogen-bond donors (Lipinski definition) is 1. The molecule has 0 saturated carbocycles. The first-order chi connectivity index (χ1) is 8.99. The normalized spacial score (nSPS) is 12.7. The highest BCUT2D eigenvalue weighted by Gasteiger charge is 2.14. The first-order valence-electron chi connectivity index (χ1n) is 6.97. The van der Waals surface area contributed by atoms with Gasteiger partial charge in [-0.2, -0.15) is 0 Å². The van der Waals surface area contributed by atoms with E-state index >= 15 is 0 Å². The zero-order valence-corrected chi connectivity index (χ0v) is 12.3. The van der Waals surface area contributed by atoms with Gasteiger partial charge in [-0.05, 0) is 31.9 Å². The summed E-state index contributed by atoms with van der Waals surface area (Å²) in [6.45, 7) is 9.16. The Hall–Kier alpha value is -1.42. The van der Waals surface area contributed by atoms with Crippen molar-refractivity contribution in [3.05, 3.63) is 39.4 Å². The summed E-state index contributed by atoms with van der Waals surface area (Å²) in [6.07, 6.45) is 2.31. The minimum Gasteiger partial charge on any atom is -0.310 e. The Bertz CT molecular complexity index is 428. The Morgan fingerprint density at radius 3 is 2.47 bits per heavy atom. The smallest absolute Gasteiger partial charge is 0.272 e. The van der Waals surface area contributed by atoms with Crippen LogP contribution in [-0.4, -0.2) is 11.5 Å². The van der Waals surface area contributed by atoms with E-state index < -0.39 is 0 Å². The van der Waals surface area contributed by atoms with Crippen LogP contribution in [0, 0.1) is 23.0 Å². The molecule has 0 bridgehead atoms. The van der Waals surface area contributed by atoms with E-state index in [1.165, 1.54) is 0 Å². The van der Waals surface area contributed by atoms with E-state index in [0.29, 0.717) is 11.5 Å². The summed E-state index contributed by atoms with van der Waals surface area (Å²) >= 11 is 0. The molecular formula is C15H24N2O2. The summed E-state index contributed by atoms with van der Waals surface area (Å²) in [6, 6.07) is 5.61. The molecule has 0 aliphatic carbocycles. The summed E-state index contributed by atoms with van der Waals surface area (Å²) in [5.74, 6) is 0.669. The molecule has 106 valence electrons. The number of nitro benzene ring substituents is 1. The van der Waals surface area contributed by atoms with Gasteiger partial charge in [0.25, 0.3) is 5.69 Å². The van der Waals surface area contributed by atoms with E-state index in [4.69, 9.17) is 0 Å². The van der Waals surface area contributed by atoms with Gasteiger partial charge in [-0.1, -0.05) is 38.8 Å². The van der Waals surface area contributed by atoms with Crippen LogP contribution in [0.25, 0.3) is 0 Å². The maximum Gasteiger partial charge on any atom is 0.272 e. The van der Waals surface area contributed by atoms with Crippen molar-refractivity contribution in [3.63, 3.8) is 0 Å². The van der Waals surface area contributed by atoms with Gasteiger partial charge in [0.15, 0.2) is 0 Å². The molecule has 0 radical (unpaired) electrons. The molecule has 0 amide bonds. The Morgan fingerprint density at radius 2 is 1.95 bits per heavy atom. The van der Waals surface area contributed by atoms with Crippen LogP contribution in [0.1, 0.15) is 50.8 Å². The average Bonchev–Trinajstić information content (AvgIpc) is 2.39. The van der Waals surface area contributed by atoms with E-state index in [1.54, 1.807) is 13.0 Å². The summed E-state index contributed by atoms with van der Waals surface area (Å²) < 4.78 is 0. The number of rotatable bonds is 7. The van der Waals surface area contributed by atoms with Crippen molar-refractivity contribution in [2.45, 2.75) is 46.6 Å². The molecule has 4 heteroatoms. The third kappa shape index (κ3) is 4.31. The number of aryl methyl sites for hydroxylation is 1. The van der Waals surface area contributed by atoms with Crippen LogP contribution < -0.4 is 5.32 Å². The second-order valence-corrected chi connectivity index (χ2v) is 5.12. The lowest BCUT2D eigenvalue weighted by molar-refractivity contribution is -0.385. The van der Waals surface area contributed by atoms with E-state index in [0.717, 1.165) is 24.9 Å². The zero-order chi connectivity index (χ0) is 14.4. The molecule has 1 N–H and O–H groups in total. The lowest BCUT2D eigenvalue weighted by atomic mass is 10.0. The van der Waals surface area contributed by atoms with Crippen molar-refractivity contribution < 1.29 is 4.92 Å². The van der Waals surface area contributed by atoms with Gasteiger partial charge in [0, 0.05) is 17.7 Å². The molecule has 0 aromatic heterocycles. The number of benzene rings is 1. The quantitative estimate of drug-likeness (QED) is 0.598. The lowest BCUT2D eigenvalue weighted by Gasteiger charge is -2.19. The first kappa shape index (κ1) is 15.6. The molecule has 0 aliphatic rings. The Balaban J connectivity index is 2.74. The molecule has 1 atom stereocenters. The van der Waals surface area contributed by atoms with E-state index in [9.17, 15) is 10.1 Å². The lowest BCUT2D eigenvalue weighted by Crippen LogP contribution is -2.25. The molecule has 19 heavy (non-hydrogen) atoms. The van der Waals surface area contributed by atoms with Gasteiger partial charge in [-0.15, -0.1) is 0 Å². The van der Waals surface area contributed by atoms with E-state index in [2.05, 4.69) is 26.1 Å². The number of hydrogen-bond acceptors (Lipinski definition) is 3. The van der Waals surface area contributed by atoms with Crippen molar-refractivity contribution in [2.24, 2.45) is 5.92 Å². The number of nitro groups is 1. The van der Waals surface area contributed by atoms with Crippen molar-refractivity contribution in [2.75, 3.05) is 6.54 Å². The van der Waals surface area contributed by atoms with Crippen LogP contribution in [0.2, 0.25) is 0 Å². The molecule has 1 aromatic carbocycles. The van der Waals surface area contributed by atoms with E-state index in [1.807, 2.05) is 12.1 Å². The predicted molar refractivity (Wildman–Crippen MR) is 78.3 cm³/mol. The van der Waals surface area contributed by atoms with Gasteiger partial charge in [-0.3, -0.25) is 10.1 Å². The van der Waals surface area contributed by atoms with Crippen LogP contribution in [0.3, 0.4) is 0 Å². The molecule has 1 rings (SSSR count). The predicted octanol–water partition coefficient (Wildman–Crippen LogP) is 3.99. The third-order valence-electron chi connectivity index (χ3n) is 3.80. The Morgan fingerprint density at radius 1 is 1.32 bits per heavy atom. The fourth-order valence-electron chi connectivity index (χ4n) is 2.13. The maximum atomic E-state index is 10.9. The highest BCUT2D eigenvalue weighted by molar-refractivity contribution is 5.43. The molecule has 4 nitrogen and oxygen atoms in total. The topological polar surface area (TPSA) is 55.2 Å². The molecule has 0 aliphatic heterocycles. The highest BCUT2D eigenvalue weighted by atomic mass is 16.6. The summed E-state index contributed by atoms with van der Waals surface area (Å²) in [5.41, 5.74) is 1.89. The minimum absolute atomic E-state index is 0.139. The monoisotopic (exact) mass is 264 g/mol. The molecular weight excluding hydrogens is 240 g/mol. The molecule has 1 aromatic rings. The van der Waals surface area contributed by atoms with Gasteiger partial charge < -0.3 is 5.32 Å². The van der Waals surface area contributed by atoms with E-state index in [-0.39, 0.29) is 16.7 Å². The van der Waals surface area contributed by atoms with Crippen LogP contribution >= 0.6 is 0 Å². The number of nitrogens with one attached hydrogen (secondary N) is 1. The standard InChI is InChI=1S/C15H24N2O2/c1-5-13(6-2)10-16-12(4)14-8-7-11(3)15(9-14)17(18)19/h7-9,12-13,16H,5-6,10H2,1-4H3. The molecule has 0 saturated heterocycles. The first-order valence-corrected chi connectivity index (χ1v) is 6.97. The van der Waals surface area contributed by atoms with Gasteiger partial charge >= 0.3 is 0 Å². The largest absolute Gasteiger partial charge is 0.310 e. The van der Waals surface area contributed by atoms with Crippen LogP contribution in [0.15, 0.2) is 18.2 Å². The molecule has 0 spiro atoms. The molecule has 0 fully saturated rings. The number of nitrogens with zero attached hydrogens (tertiary/aromatic N) is 1. The SMILES string of the molecule is CCC(CC)CNC(C)c1ccc(C)c([N+](=O)[O-])c1. The van der Waals surface area contributed by atoms with Crippen LogP contribution in [0.4, 0.5) is 5.69 Å². The minimum atomic E-state index is -0.313. The van der Waals surface area contributed by atoms with Crippen molar-refractivity contribution >= 4 is 5.69 Å². The van der Waals surface area contributed by atoms with Gasteiger partial charge in [-0.25, -0.2) is 0 Å². The van der Waals surface area contributed by atoms with Gasteiger partial charge in [0.2, 0.25) is 0 Å². The Kier molecular flexibility index (Phi) is 5.96. The summed E-state index contributed by atoms with van der Waals surface area (Å²) in [5, 5.41) is 14.4. The average molecular weight is 264 g/mol. The third-order valence-corrected chi connectivity index (χ3v) is 3.80. The molecule has 1 unspecified atom stereocenters. The summed E-state index contributed by atoms with van der Waals surface area (Å²) in [4.78, 5) is 10.6. The maximum absolute atomic E-state index is 10.9. The van der Waals surface area contributed by atoms with Crippen LogP contribution in [-0.2, 0) is 0 Å². The van der Waals surface area contributed by atoms with Crippen LogP contribution in [0.5, 0.6) is 0 Å². The van der Waals surface area contributed by atoms with Gasteiger partial charge in [0.05, 0.1) is 4.92 Å². The highest BCUT2D eigenvalue weighted by Crippen LogP contribution is 2.23.